The van der Waals surface area contributed by atoms with E-state index in [-0.39, 0.29) is 10.8 Å². The quantitative estimate of drug-likeness (QED) is 0.130. The second kappa shape index (κ2) is 10.3. The summed E-state index contributed by atoms with van der Waals surface area (Å²) in [5, 5.41) is 13.6. The van der Waals surface area contributed by atoms with Gasteiger partial charge in [0, 0.05) is 44.7 Å². The number of rotatable bonds is 4. The standard InChI is InChI=1S/C48H42N2Si/c1-47(2,3)41-29-49-43-25-23-33(27-39(43)35-19-13-21-37(41)45(35)49)51(31-15-9-7-10-16-31,32-17-11-8-12-18-32)34-24-26-44-40(28-34)36-20-14-22-38-42(48(4,5)6)30-50(44)46(36)38/h7-30H,1-6H3. The largest absolute Gasteiger partial charge is 0.315 e. The van der Waals surface area contributed by atoms with Crippen LogP contribution in [0.15, 0.2) is 146 Å². The van der Waals surface area contributed by atoms with Gasteiger partial charge in [0.25, 0.3) is 0 Å². The second-order valence-electron chi connectivity index (χ2n) is 16.7. The van der Waals surface area contributed by atoms with E-state index >= 15 is 0 Å². The minimum absolute atomic E-state index is 0.0648. The number of para-hydroxylation sites is 2. The molecule has 0 spiro atoms. The van der Waals surface area contributed by atoms with Crippen LogP contribution in [0.4, 0.5) is 0 Å². The van der Waals surface area contributed by atoms with E-state index in [2.05, 4.69) is 196 Å². The Morgan fingerprint density at radius 1 is 0.373 bits per heavy atom. The highest BCUT2D eigenvalue weighted by atomic mass is 28.3. The maximum absolute atomic E-state index is 2.82. The Hall–Kier alpha value is -5.38. The van der Waals surface area contributed by atoms with Gasteiger partial charge in [-0.2, -0.15) is 0 Å². The number of hydrogen-bond acceptors (Lipinski definition) is 0. The predicted molar refractivity (Wildman–Crippen MR) is 222 cm³/mol. The third kappa shape index (κ3) is 4.10. The van der Waals surface area contributed by atoms with Crippen molar-refractivity contribution in [3.05, 3.63) is 157 Å². The zero-order valence-corrected chi connectivity index (χ0v) is 31.3. The second-order valence-corrected chi connectivity index (χ2v) is 20.5. The van der Waals surface area contributed by atoms with Crippen LogP contribution in [-0.4, -0.2) is 16.9 Å². The van der Waals surface area contributed by atoms with Crippen molar-refractivity contribution in [2.75, 3.05) is 0 Å². The van der Waals surface area contributed by atoms with Gasteiger partial charge >= 0.3 is 0 Å². The Kier molecular flexibility index (Phi) is 6.17. The predicted octanol–water partition coefficient (Wildman–Crippen LogP) is 9.65. The van der Waals surface area contributed by atoms with Gasteiger partial charge in [-0.15, -0.1) is 0 Å². The molecule has 6 aromatic carbocycles. The molecule has 0 aliphatic carbocycles. The molecule has 0 aliphatic rings. The van der Waals surface area contributed by atoms with Gasteiger partial charge in [-0.1, -0.05) is 163 Å². The van der Waals surface area contributed by atoms with Gasteiger partial charge in [-0.25, -0.2) is 0 Å². The summed E-state index contributed by atoms with van der Waals surface area (Å²) in [5.74, 6) is 0. The first-order chi connectivity index (χ1) is 24.6. The van der Waals surface area contributed by atoms with Crippen LogP contribution in [0.1, 0.15) is 52.7 Å². The normalized spacial score (nSPS) is 13.3. The topological polar surface area (TPSA) is 8.82 Å². The first kappa shape index (κ1) is 30.4. The summed E-state index contributed by atoms with van der Waals surface area (Å²) < 4.78 is 4.91. The van der Waals surface area contributed by atoms with Gasteiger partial charge in [0.15, 0.2) is 8.07 Å². The lowest BCUT2D eigenvalue weighted by atomic mass is 9.86. The fraction of sp³-hybridized carbons (Fsp3) is 0.167. The molecule has 0 radical (unpaired) electrons. The van der Waals surface area contributed by atoms with Crippen LogP contribution < -0.4 is 20.7 Å². The summed E-state index contributed by atoms with van der Waals surface area (Å²) >= 11 is 0. The molecule has 3 heteroatoms. The van der Waals surface area contributed by atoms with E-state index in [9.17, 15) is 0 Å². The number of nitrogens with zero attached hydrogens (tertiary/aromatic N) is 2. The molecule has 0 amide bonds. The molecule has 2 nitrogen and oxygen atoms in total. The van der Waals surface area contributed by atoms with Gasteiger partial charge in [0.05, 0.1) is 22.1 Å². The van der Waals surface area contributed by atoms with E-state index in [4.69, 9.17) is 0 Å². The van der Waals surface area contributed by atoms with E-state index in [0.717, 1.165) is 0 Å². The first-order valence-electron chi connectivity index (χ1n) is 18.3. The highest BCUT2D eigenvalue weighted by Gasteiger charge is 2.42. The van der Waals surface area contributed by atoms with Crippen LogP contribution in [0.2, 0.25) is 0 Å². The Morgan fingerprint density at radius 2 is 0.765 bits per heavy atom. The van der Waals surface area contributed by atoms with Crippen molar-refractivity contribution in [2.45, 2.75) is 52.4 Å². The first-order valence-corrected chi connectivity index (χ1v) is 20.3. The van der Waals surface area contributed by atoms with Crippen LogP contribution in [0, 0.1) is 0 Å². The maximum atomic E-state index is 2.55. The van der Waals surface area contributed by atoms with E-state index in [1.165, 1.54) is 86.3 Å². The summed E-state index contributed by atoms with van der Waals surface area (Å²) in [7, 11) is -2.82. The van der Waals surface area contributed by atoms with Crippen LogP contribution in [-0.2, 0) is 10.8 Å². The SMILES string of the molecule is CC(C)(C)c1cn2c3ccc([Si](c4ccccc4)(c4ccccc4)c4ccc5c(c4)c4cccc6c(C(C)(C)C)cn5c64)cc3c3cccc1c32. The fourth-order valence-electron chi connectivity index (χ4n) is 9.34. The molecule has 0 saturated carbocycles. The highest BCUT2D eigenvalue weighted by Crippen LogP contribution is 2.40. The number of aromatic nitrogens is 2. The highest BCUT2D eigenvalue weighted by molar-refractivity contribution is 7.20. The molecule has 10 aromatic rings. The minimum Gasteiger partial charge on any atom is -0.315 e. The zero-order valence-electron chi connectivity index (χ0n) is 30.3. The third-order valence-electron chi connectivity index (χ3n) is 11.6. The average molecular weight is 675 g/mol. The van der Waals surface area contributed by atoms with E-state index < -0.39 is 8.07 Å². The van der Waals surface area contributed by atoms with E-state index in [1.54, 1.807) is 0 Å². The molecule has 0 atom stereocenters. The molecule has 4 heterocycles. The lowest BCUT2D eigenvalue weighted by Gasteiger charge is -2.34. The van der Waals surface area contributed by atoms with Crippen molar-refractivity contribution in [1.82, 2.24) is 8.80 Å². The summed E-state index contributed by atoms with van der Waals surface area (Å²) in [6, 6.07) is 51.3. The Labute approximate surface area is 300 Å². The fourth-order valence-corrected chi connectivity index (χ4v) is 14.1. The van der Waals surface area contributed by atoms with Crippen molar-refractivity contribution in [3.8, 4) is 0 Å². The van der Waals surface area contributed by atoms with E-state index in [0.29, 0.717) is 0 Å². The number of benzene rings is 6. The van der Waals surface area contributed by atoms with Crippen LogP contribution in [0.3, 0.4) is 0 Å². The van der Waals surface area contributed by atoms with Crippen molar-refractivity contribution >= 4 is 83.2 Å². The summed E-state index contributed by atoms with van der Waals surface area (Å²) in [4.78, 5) is 0. The molecular formula is C48H42N2Si. The number of hydrogen-bond donors (Lipinski definition) is 0. The molecular weight excluding hydrogens is 633 g/mol. The van der Waals surface area contributed by atoms with Crippen molar-refractivity contribution < 1.29 is 0 Å². The van der Waals surface area contributed by atoms with Gasteiger partial charge < -0.3 is 8.80 Å². The summed E-state index contributed by atoms with van der Waals surface area (Å²) in [6.07, 6.45) is 4.78. The number of fused-ring (bicyclic) bond motifs is 6. The zero-order chi connectivity index (χ0) is 34.9. The minimum atomic E-state index is -2.82. The van der Waals surface area contributed by atoms with Gasteiger partial charge in [-0.05, 0) is 54.8 Å². The van der Waals surface area contributed by atoms with Gasteiger partial charge in [-0.3, -0.25) is 0 Å². The molecule has 0 bridgehead atoms. The van der Waals surface area contributed by atoms with Gasteiger partial charge in [0.2, 0.25) is 0 Å². The molecule has 4 aromatic heterocycles. The molecule has 248 valence electrons. The molecule has 0 N–H and O–H groups in total. The lowest BCUT2D eigenvalue weighted by molar-refractivity contribution is 0.595. The molecule has 0 unspecified atom stereocenters. The molecule has 0 fully saturated rings. The molecule has 0 aliphatic heterocycles. The lowest BCUT2D eigenvalue weighted by Crippen LogP contribution is -2.74. The molecule has 0 saturated heterocycles. The van der Waals surface area contributed by atoms with Crippen molar-refractivity contribution in [2.24, 2.45) is 0 Å². The van der Waals surface area contributed by atoms with E-state index in [1.807, 2.05) is 0 Å². The maximum Gasteiger partial charge on any atom is 0.179 e. The Balaban J connectivity index is 1.31. The van der Waals surface area contributed by atoms with Crippen molar-refractivity contribution in [3.63, 3.8) is 0 Å². The van der Waals surface area contributed by atoms with Crippen LogP contribution >= 0.6 is 0 Å². The molecule has 51 heavy (non-hydrogen) atoms. The molecule has 10 rings (SSSR count). The van der Waals surface area contributed by atoms with Crippen LogP contribution in [0.5, 0.6) is 0 Å². The summed E-state index contributed by atoms with van der Waals surface area (Å²) in [5.41, 5.74) is 8.16. The Morgan fingerprint density at radius 3 is 1.16 bits per heavy atom. The Bertz CT molecular complexity index is 2710. The third-order valence-corrected chi connectivity index (χ3v) is 16.4. The van der Waals surface area contributed by atoms with Gasteiger partial charge in [0.1, 0.15) is 0 Å². The van der Waals surface area contributed by atoms with Crippen LogP contribution in [0.25, 0.3) is 54.4 Å². The monoisotopic (exact) mass is 674 g/mol. The smallest absolute Gasteiger partial charge is 0.179 e. The average Bonchev–Trinajstić information content (AvgIpc) is 3.88. The van der Waals surface area contributed by atoms with Crippen molar-refractivity contribution in [1.29, 1.82) is 0 Å². The summed E-state index contributed by atoms with van der Waals surface area (Å²) in [6.45, 7) is 13.9.